The van der Waals surface area contributed by atoms with E-state index in [0.717, 1.165) is 0 Å². The molecule has 0 saturated carbocycles. The normalized spacial score (nSPS) is 12.0. The van der Waals surface area contributed by atoms with Gasteiger partial charge >= 0.3 is 0 Å². The quantitative estimate of drug-likeness (QED) is 0.671. The van der Waals surface area contributed by atoms with Gasteiger partial charge in [0.2, 0.25) is 5.88 Å². The number of methoxy groups -OCH3 is 2. The number of rotatable bonds is 7. The molecule has 0 bridgehead atoms. The van der Waals surface area contributed by atoms with Crippen molar-refractivity contribution in [1.82, 2.24) is 29.5 Å². The molecule has 10 heteroatoms. The lowest BCUT2D eigenvalue weighted by Crippen LogP contribution is -2.14. The second-order valence-electron chi connectivity index (χ2n) is 5.95. The highest BCUT2D eigenvalue weighted by molar-refractivity contribution is 6.05. The number of hydrogen-bond acceptors (Lipinski definition) is 7. The third-order valence-electron chi connectivity index (χ3n) is 3.91. The molecule has 0 saturated heterocycles. The summed E-state index contributed by atoms with van der Waals surface area (Å²) < 4.78 is 13.7. The summed E-state index contributed by atoms with van der Waals surface area (Å²) in [5.74, 6) is 0.866. The molecule has 142 valence electrons. The summed E-state index contributed by atoms with van der Waals surface area (Å²) >= 11 is 0. The average Bonchev–Trinajstić information content (AvgIpc) is 3.28. The first-order valence-electron chi connectivity index (χ1n) is 8.28. The molecule has 1 N–H and O–H groups in total. The van der Waals surface area contributed by atoms with Gasteiger partial charge in [0.05, 0.1) is 19.8 Å². The van der Waals surface area contributed by atoms with Gasteiger partial charge in [0, 0.05) is 20.4 Å². The molecule has 1 amide bonds. The molecule has 3 rings (SSSR count). The molecule has 0 aliphatic carbocycles. The van der Waals surface area contributed by atoms with Crippen LogP contribution in [0.25, 0.3) is 11.5 Å². The van der Waals surface area contributed by atoms with Crippen molar-refractivity contribution in [2.45, 2.75) is 13.0 Å². The maximum atomic E-state index is 12.5. The molecular weight excluding hydrogens is 350 g/mol. The maximum absolute atomic E-state index is 12.5. The summed E-state index contributed by atoms with van der Waals surface area (Å²) in [6.07, 6.45) is 3.22. The van der Waals surface area contributed by atoms with Gasteiger partial charge in [0.15, 0.2) is 5.82 Å². The van der Waals surface area contributed by atoms with Crippen LogP contribution in [0.5, 0.6) is 5.88 Å². The number of anilines is 1. The van der Waals surface area contributed by atoms with E-state index in [-0.39, 0.29) is 17.8 Å². The van der Waals surface area contributed by atoms with Crippen molar-refractivity contribution in [2.75, 3.05) is 26.1 Å². The first-order valence-corrected chi connectivity index (χ1v) is 8.28. The second kappa shape index (κ2) is 7.96. The number of carbonyl (C=O) groups excluding carboxylic acids is 1. The summed E-state index contributed by atoms with van der Waals surface area (Å²) in [6, 6.07) is 5.34. The number of carbonyl (C=O) groups is 1. The van der Waals surface area contributed by atoms with Gasteiger partial charge in [-0.3, -0.25) is 9.48 Å². The third kappa shape index (κ3) is 3.95. The molecular formula is C17H21N7O3. The summed E-state index contributed by atoms with van der Waals surface area (Å²) in [6.45, 7) is 2.51. The van der Waals surface area contributed by atoms with E-state index in [4.69, 9.17) is 9.47 Å². The lowest BCUT2D eigenvalue weighted by molar-refractivity contribution is 0.102. The zero-order valence-electron chi connectivity index (χ0n) is 15.6. The molecule has 1 atom stereocenters. The fraction of sp³-hybridized carbons (Fsp3) is 0.353. The van der Waals surface area contributed by atoms with E-state index < -0.39 is 0 Å². The Balaban J connectivity index is 1.84. The van der Waals surface area contributed by atoms with Crippen LogP contribution in [0.15, 0.2) is 30.7 Å². The molecule has 3 aromatic heterocycles. The van der Waals surface area contributed by atoms with Crippen molar-refractivity contribution in [3.8, 4) is 17.4 Å². The molecule has 0 aliphatic rings. The van der Waals surface area contributed by atoms with Gasteiger partial charge in [0.1, 0.15) is 23.4 Å². The molecule has 3 aromatic rings. The van der Waals surface area contributed by atoms with E-state index in [1.54, 1.807) is 44.9 Å². The van der Waals surface area contributed by atoms with Crippen molar-refractivity contribution in [2.24, 2.45) is 7.05 Å². The van der Waals surface area contributed by atoms with Crippen molar-refractivity contribution in [3.63, 3.8) is 0 Å². The number of amides is 1. The molecule has 0 spiro atoms. The first-order chi connectivity index (χ1) is 13.0. The summed E-state index contributed by atoms with van der Waals surface area (Å²) in [7, 11) is 4.82. The van der Waals surface area contributed by atoms with Crippen LogP contribution < -0.4 is 10.1 Å². The van der Waals surface area contributed by atoms with Crippen LogP contribution in [0.3, 0.4) is 0 Å². The minimum atomic E-state index is -0.362. The lowest BCUT2D eigenvalue weighted by Gasteiger charge is -2.14. The molecule has 0 fully saturated rings. The van der Waals surface area contributed by atoms with Gasteiger partial charge in [0.25, 0.3) is 5.91 Å². The number of pyridine rings is 1. The Morgan fingerprint density at radius 3 is 2.89 bits per heavy atom. The Morgan fingerprint density at radius 1 is 1.33 bits per heavy atom. The first kappa shape index (κ1) is 18.5. The monoisotopic (exact) mass is 371 g/mol. The van der Waals surface area contributed by atoms with E-state index >= 15 is 0 Å². The van der Waals surface area contributed by atoms with E-state index in [9.17, 15) is 4.79 Å². The largest absolute Gasteiger partial charge is 0.479 e. The zero-order valence-corrected chi connectivity index (χ0v) is 15.6. The highest BCUT2D eigenvalue weighted by Gasteiger charge is 2.18. The molecule has 3 heterocycles. The van der Waals surface area contributed by atoms with Gasteiger partial charge in [-0.25, -0.2) is 4.98 Å². The summed E-state index contributed by atoms with van der Waals surface area (Å²) in [5, 5.41) is 15.0. The topological polar surface area (TPSA) is 109 Å². The van der Waals surface area contributed by atoms with Crippen molar-refractivity contribution >= 4 is 11.7 Å². The summed E-state index contributed by atoms with van der Waals surface area (Å²) in [4.78, 5) is 17.0. The number of nitrogens with one attached hydrogen (secondary N) is 1. The van der Waals surface area contributed by atoms with E-state index in [0.29, 0.717) is 29.5 Å². The molecule has 1 unspecified atom stereocenters. The van der Waals surface area contributed by atoms with Crippen molar-refractivity contribution in [3.05, 3.63) is 36.3 Å². The van der Waals surface area contributed by atoms with Crippen molar-refractivity contribution < 1.29 is 14.3 Å². The molecule has 0 aromatic carbocycles. The Hall–Kier alpha value is -3.27. The Bertz CT molecular complexity index is 934. The fourth-order valence-electron chi connectivity index (χ4n) is 2.66. The third-order valence-corrected chi connectivity index (χ3v) is 3.91. The van der Waals surface area contributed by atoms with Gasteiger partial charge < -0.3 is 19.4 Å². The average molecular weight is 371 g/mol. The highest BCUT2D eigenvalue weighted by Crippen LogP contribution is 2.21. The Labute approximate surface area is 156 Å². The number of ether oxygens (including phenoxy) is 2. The van der Waals surface area contributed by atoms with Gasteiger partial charge in [-0.2, -0.15) is 0 Å². The Kier molecular flexibility index (Phi) is 5.46. The molecule has 0 radical (unpaired) electrons. The van der Waals surface area contributed by atoms with Crippen molar-refractivity contribution in [1.29, 1.82) is 0 Å². The van der Waals surface area contributed by atoms with E-state index in [2.05, 4.69) is 25.6 Å². The van der Waals surface area contributed by atoms with Crippen LogP contribution >= 0.6 is 0 Å². The fourth-order valence-corrected chi connectivity index (χ4v) is 2.66. The van der Waals surface area contributed by atoms with Crippen LogP contribution in [-0.4, -0.2) is 56.3 Å². The zero-order chi connectivity index (χ0) is 19.4. The highest BCUT2D eigenvalue weighted by atomic mass is 16.5. The van der Waals surface area contributed by atoms with Crippen LogP contribution in [0.2, 0.25) is 0 Å². The van der Waals surface area contributed by atoms with Crippen LogP contribution in [0.4, 0.5) is 5.82 Å². The van der Waals surface area contributed by atoms with E-state index in [1.807, 2.05) is 11.5 Å². The lowest BCUT2D eigenvalue weighted by atomic mass is 10.3. The molecule has 0 aliphatic heterocycles. The minimum Gasteiger partial charge on any atom is -0.479 e. The van der Waals surface area contributed by atoms with E-state index in [1.165, 1.54) is 11.8 Å². The van der Waals surface area contributed by atoms with Crippen LogP contribution in [0, 0.1) is 0 Å². The van der Waals surface area contributed by atoms with Gasteiger partial charge in [-0.15, -0.1) is 15.3 Å². The predicted molar refractivity (Wildman–Crippen MR) is 97.6 cm³/mol. The van der Waals surface area contributed by atoms with Gasteiger partial charge in [-0.05, 0) is 19.1 Å². The number of aromatic nitrogens is 6. The molecule has 27 heavy (non-hydrogen) atoms. The predicted octanol–water partition coefficient (Wildman–Crippen LogP) is 1.54. The van der Waals surface area contributed by atoms with Gasteiger partial charge in [-0.1, -0.05) is 6.07 Å². The SMILES string of the molecule is COCC(C)n1cnnc1-c1cccc(NC(=O)c2cn(C)nc2OC)n1. The smallest absolute Gasteiger partial charge is 0.263 e. The standard InChI is InChI=1S/C17H21N7O3/c1-11(9-26-3)24-10-18-21-15(24)13-6-5-7-14(19-13)20-16(25)12-8-23(2)22-17(12)27-4/h5-8,10-11H,9H2,1-4H3,(H,19,20,25). The number of hydrogen-bond donors (Lipinski definition) is 1. The maximum Gasteiger partial charge on any atom is 0.263 e. The number of aryl methyl sites for hydroxylation is 1. The second-order valence-corrected chi connectivity index (χ2v) is 5.95. The Morgan fingerprint density at radius 2 is 2.15 bits per heavy atom. The molecule has 10 nitrogen and oxygen atoms in total. The number of nitrogens with zero attached hydrogens (tertiary/aromatic N) is 6. The minimum absolute atomic E-state index is 0.0414. The summed E-state index contributed by atoms with van der Waals surface area (Å²) in [5.41, 5.74) is 0.912. The van der Waals surface area contributed by atoms with Crippen LogP contribution in [-0.2, 0) is 11.8 Å². The van der Waals surface area contributed by atoms with Crippen LogP contribution in [0.1, 0.15) is 23.3 Å².